The molecule has 0 spiro atoms. The van der Waals surface area contributed by atoms with Gasteiger partial charge in [-0.25, -0.2) is 4.98 Å². The maximum atomic E-state index is 12.8. The van der Waals surface area contributed by atoms with Gasteiger partial charge < -0.3 is 15.1 Å². The number of pyridine rings is 1. The van der Waals surface area contributed by atoms with Crippen LogP contribution in [0.25, 0.3) is 0 Å². The molecule has 4 rings (SSSR count). The van der Waals surface area contributed by atoms with Crippen LogP contribution in [0.4, 0.5) is 30.4 Å². The van der Waals surface area contributed by atoms with Gasteiger partial charge in [-0.05, 0) is 62.1 Å². The van der Waals surface area contributed by atoms with Crippen LogP contribution < -0.4 is 15.1 Å². The number of nitrogens with one attached hydrogen (secondary N) is 1. The minimum Gasteiger partial charge on any atom is -0.372 e. The lowest BCUT2D eigenvalue weighted by molar-refractivity contribution is -0.137. The van der Waals surface area contributed by atoms with Crippen LogP contribution in [0.2, 0.25) is 0 Å². The summed E-state index contributed by atoms with van der Waals surface area (Å²) >= 11 is 0. The lowest BCUT2D eigenvalue weighted by Crippen LogP contribution is -2.36. The zero-order chi connectivity index (χ0) is 23.4. The fourth-order valence-corrected chi connectivity index (χ4v) is 4.45. The van der Waals surface area contributed by atoms with Gasteiger partial charge in [0.15, 0.2) is 0 Å². The molecule has 1 aromatic carbocycles. The van der Waals surface area contributed by atoms with E-state index in [0.717, 1.165) is 49.6 Å². The Morgan fingerprint density at radius 3 is 2.39 bits per heavy atom. The lowest BCUT2D eigenvalue weighted by Gasteiger charge is -2.23. The third kappa shape index (κ3) is 5.96. The molecule has 3 heterocycles. The van der Waals surface area contributed by atoms with E-state index in [2.05, 4.69) is 32.2 Å². The summed E-state index contributed by atoms with van der Waals surface area (Å²) in [6, 6.07) is 8.65. The van der Waals surface area contributed by atoms with Crippen molar-refractivity contribution in [3.05, 3.63) is 47.7 Å². The van der Waals surface area contributed by atoms with Gasteiger partial charge in [0.1, 0.15) is 5.82 Å². The number of rotatable bonds is 5. The number of carbonyl (C=O) groups excluding carboxylic acids is 1. The van der Waals surface area contributed by atoms with Crippen LogP contribution in [0.15, 0.2) is 36.5 Å². The van der Waals surface area contributed by atoms with E-state index in [0.29, 0.717) is 25.5 Å². The highest BCUT2D eigenvalue weighted by molar-refractivity contribution is 5.93. The van der Waals surface area contributed by atoms with Crippen molar-refractivity contribution in [1.82, 2.24) is 9.88 Å². The van der Waals surface area contributed by atoms with Crippen molar-refractivity contribution in [3.8, 4) is 0 Å². The highest BCUT2D eigenvalue weighted by Crippen LogP contribution is 2.29. The average molecular weight is 462 g/mol. The van der Waals surface area contributed by atoms with Crippen LogP contribution in [-0.4, -0.2) is 61.6 Å². The van der Waals surface area contributed by atoms with Crippen molar-refractivity contribution in [2.45, 2.75) is 32.4 Å². The molecule has 0 atom stereocenters. The molecule has 2 aliphatic heterocycles. The molecule has 1 N–H and O–H groups in total. The number of carbonyl (C=O) groups is 1. The Labute approximate surface area is 192 Å². The Balaban J connectivity index is 1.29. The van der Waals surface area contributed by atoms with Gasteiger partial charge in [-0.1, -0.05) is 0 Å². The van der Waals surface area contributed by atoms with Crippen LogP contribution in [0, 0.1) is 6.92 Å². The first kappa shape index (κ1) is 23.4. The standard InChI is InChI=1S/C24H30F3N5O/c1-18-15-20(31-10-2-3-11-31)6-7-21(18)29-23(33)17-30-9-4-12-32(14-13-30)22-8-5-19(16-28-22)24(25,26)27/h5-8,15-16H,2-4,9-14,17H2,1H3,(H,29,33). The Bertz CT molecular complexity index is 958. The predicted molar refractivity (Wildman–Crippen MR) is 124 cm³/mol. The van der Waals surface area contributed by atoms with Crippen molar-refractivity contribution in [3.63, 3.8) is 0 Å². The molecule has 9 heteroatoms. The van der Waals surface area contributed by atoms with Crippen LogP contribution in [-0.2, 0) is 11.0 Å². The van der Waals surface area contributed by atoms with E-state index in [1.165, 1.54) is 24.6 Å². The van der Waals surface area contributed by atoms with Gasteiger partial charge in [0.05, 0.1) is 12.1 Å². The number of halogens is 3. The van der Waals surface area contributed by atoms with Crippen LogP contribution in [0.1, 0.15) is 30.4 Å². The first-order valence-corrected chi connectivity index (χ1v) is 11.5. The van der Waals surface area contributed by atoms with Gasteiger partial charge in [-0.3, -0.25) is 9.69 Å². The largest absolute Gasteiger partial charge is 0.417 e. The number of amides is 1. The Kier molecular flexibility index (Phi) is 7.07. The normalized spacial score (nSPS) is 17.8. The zero-order valence-electron chi connectivity index (χ0n) is 18.9. The maximum Gasteiger partial charge on any atom is 0.417 e. The summed E-state index contributed by atoms with van der Waals surface area (Å²) in [4.78, 5) is 23.1. The summed E-state index contributed by atoms with van der Waals surface area (Å²) in [5.74, 6) is 0.469. The molecule has 2 aromatic rings. The molecule has 178 valence electrons. The molecule has 1 aromatic heterocycles. The van der Waals surface area contributed by atoms with Crippen LogP contribution in [0.3, 0.4) is 0 Å². The van der Waals surface area contributed by atoms with Crippen molar-refractivity contribution in [2.24, 2.45) is 0 Å². The molecule has 2 aliphatic rings. The van der Waals surface area contributed by atoms with Gasteiger partial charge >= 0.3 is 6.18 Å². The minimum absolute atomic E-state index is 0.0619. The summed E-state index contributed by atoms with van der Waals surface area (Å²) in [5.41, 5.74) is 2.33. The van der Waals surface area contributed by atoms with Gasteiger partial charge in [0.25, 0.3) is 0 Å². The summed E-state index contributed by atoms with van der Waals surface area (Å²) in [5, 5.41) is 3.03. The van der Waals surface area contributed by atoms with Gasteiger partial charge in [0, 0.05) is 56.8 Å². The van der Waals surface area contributed by atoms with Crippen molar-refractivity contribution in [2.75, 3.05) is 60.9 Å². The zero-order valence-corrected chi connectivity index (χ0v) is 18.9. The van der Waals surface area contributed by atoms with E-state index in [1.54, 1.807) is 0 Å². The summed E-state index contributed by atoms with van der Waals surface area (Å²) in [7, 11) is 0. The monoisotopic (exact) mass is 461 g/mol. The Morgan fingerprint density at radius 2 is 1.73 bits per heavy atom. The fourth-order valence-electron chi connectivity index (χ4n) is 4.45. The number of aromatic nitrogens is 1. The third-order valence-corrected chi connectivity index (χ3v) is 6.31. The maximum absolute atomic E-state index is 12.8. The van der Waals surface area contributed by atoms with Crippen LogP contribution in [0.5, 0.6) is 0 Å². The lowest BCUT2D eigenvalue weighted by atomic mass is 10.1. The second kappa shape index (κ2) is 9.99. The average Bonchev–Trinajstić information content (AvgIpc) is 3.22. The number of hydrogen-bond acceptors (Lipinski definition) is 5. The SMILES string of the molecule is Cc1cc(N2CCCC2)ccc1NC(=O)CN1CCCN(c2ccc(C(F)(F)F)cn2)CC1. The molecule has 0 aliphatic carbocycles. The van der Waals surface area contributed by atoms with Crippen molar-refractivity contribution >= 4 is 23.1 Å². The molecule has 0 unspecified atom stereocenters. The molecule has 2 saturated heterocycles. The van der Waals surface area contributed by atoms with Gasteiger partial charge in [-0.2, -0.15) is 13.2 Å². The highest BCUT2D eigenvalue weighted by Gasteiger charge is 2.31. The smallest absolute Gasteiger partial charge is 0.372 e. The molecule has 33 heavy (non-hydrogen) atoms. The van der Waals surface area contributed by atoms with Gasteiger partial charge in [-0.15, -0.1) is 0 Å². The molecule has 0 radical (unpaired) electrons. The number of nitrogens with zero attached hydrogens (tertiary/aromatic N) is 4. The van der Waals surface area contributed by atoms with Crippen molar-refractivity contribution < 1.29 is 18.0 Å². The predicted octanol–water partition coefficient (Wildman–Crippen LogP) is 4.16. The van der Waals surface area contributed by atoms with E-state index in [9.17, 15) is 18.0 Å². The van der Waals surface area contributed by atoms with E-state index >= 15 is 0 Å². The molecule has 0 bridgehead atoms. The number of anilines is 3. The summed E-state index contributed by atoms with van der Waals surface area (Å²) in [6.07, 6.45) is -0.261. The minimum atomic E-state index is -4.39. The van der Waals surface area contributed by atoms with Gasteiger partial charge in [0.2, 0.25) is 5.91 Å². The Morgan fingerprint density at radius 1 is 0.970 bits per heavy atom. The summed E-state index contributed by atoms with van der Waals surface area (Å²) < 4.78 is 38.3. The summed E-state index contributed by atoms with van der Waals surface area (Å²) in [6.45, 7) is 7.14. The number of aryl methyl sites for hydroxylation is 1. The van der Waals surface area contributed by atoms with Crippen molar-refractivity contribution in [1.29, 1.82) is 0 Å². The molecular formula is C24H30F3N5O. The highest BCUT2D eigenvalue weighted by atomic mass is 19.4. The number of alkyl halides is 3. The quantitative estimate of drug-likeness (QED) is 0.725. The first-order chi connectivity index (χ1) is 15.8. The van der Waals surface area contributed by atoms with E-state index in [4.69, 9.17) is 0 Å². The second-order valence-corrected chi connectivity index (χ2v) is 8.76. The molecular weight excluding hydrogens is 431 g/mol. The molecule has 0 saturated carbocycles. The second-order valence-electron chi connectivity index (χ2n) is 8.76. The van der Waals surface area contributed by atoms with E-state index < -0.39 is 11.7 Å². The molecule has 6 nitrogen and oxygen atoms in total. The first-order valence-electron chi connectivity index (χ1n) is 11.5. The van der Waals surface area contributed by atoms with Crippen LogP contribution >= 0.6 is 0 Å². The molecule has 2 fully saturated rings. The van der Waals surface area contributed by atoms with E-state index in [1.807, 2.05) is 17.9 Å². The third-order valence-electron chi connectivity index (χ3n) is 6.31. The Hall–Kier alpha value is -2.81. The number of hydrogen-bond donors (Lipinski definition) is 1. The van der Waals surface area contributed by atoms with E-state index in [-0.39, 0.29) is 12.5 Å². The number of benzene rings is 1. The molecule has 1 amide bonds. The fraction of sp³-hybridized carbons (Fsp3) is 0.500. The topological polar surface area (TPSA) is 51.7 Å².